The van der Waals surface area contributed by atoms with Crippen molar-refractivity contribution in [2.75, 3.05) is 20.2 Å². The van der Waals surface area contributed by atoms with Gasteiger partial charge in [-0.25, -0.2) is 4.79 Å². The minimum absolute atomic E-state index is 0.00193. The first-order chi connectivity index (χ1) is 10.2. The van der Waals surface area contributed by atoms with Gasteiger partial charge in [0.1, 0.15) is 0 Å². The number of carbonyl (C=O) groups is 2. The van der Waals surface area contributed by atoms with Crippen LogP contribution in [0.2, 0.25) is 0 Å². The predicted molar refractivity (Wildman–Crippen MR) is 79.9 cm³/mol. The van der Waals surface area contributed by atoms with Crippen LogP contribution in [0.25, 0.3) is 0 Å². The van der Waals surface area contributed by atoms with Gasteiger partial charge in [0.2, 0.25) is 5.91 Å². The van der Waals surface area contributed by atoms with Crippen LogP contribution in [0, 0.1) is 0 Å². The van der Waals surface area contributed by atoms with Crippen molar-refractivity contribution < 1.29 is 14.3 Å². The van der Waals surface area contributed by atoms with E-state index in [1.807, 2.05) is 30.3 Å². The molecule has 1 atom stereocenters. The zero-order chi connectivity index (χ0) is 15.1. The summed E-state index contributed by atoms with van der Waals surface area (Å²) in [5.74, 6) is -0.00193. The van der Waals surface area contributed by atoms with Gasteiger partial charge in [-0.05, 0) is 24.8 Å². The standard InChI is InChI=1S/C16H22N2O3/c1-21-16(20)18-10-6-5-9-14(12-18)17-15(19)11-13-7-3-2-4-8-13/h2-4,7-8,14H,5-6,9-12H2,1H3,(H,17,19). The van der Waals surface area contributed by atoms with Crippen LogP contribution < -0.4 is 5.32 Å². The van der Waals surface area contributed by atoms with Crippen molar-refractivity contribution in [3.05, 3.63) is 35.9 Å². The molecule has 0 spiro atoms. The van der Waals surface area contributed by atoms with E-state index in [-0.39, 0.29) is 18.0 Å². The second-order valence-electron chi connectivity index (χ2n) is 5.34. The van der Waals surface area contributed by atoms with Crippen molar-refractivity contribution in [2.24, 2.45) is 0 Å². The van der Waals surface area contributed by atoms with Crippen LogP contribution in [0.1, 0.15) is 24.8 Å². The van der Waals surface area contributed by atoms with Gasteiger partial charge in [0, 0.05) is 19.1 Å². The van der Waals surface area contributed by atoms with Gasteiger partial charge in [0.25, 0.3) is 0 Å². The molecule has 1 heterocycles. The average molecular weight is 290 g/mol. The second-order valence-corrected chi connectivity index (χ2v) is 5.34. The molecule has 1 aliphatic heterocycles. The minimum atomic E-state index is -0.320. The van der Waals surface area contributed by atoms with Gasteiger partial charge >= 0.3 is 6.09 Å². The molecule has 0 bridgehead atoms. The van der Waals surface area contributed by atoms with Crippen molar-refractivity contribution in [2.45, 2.75) is 31.7 Å². The lowest BCUT2D eigenvalue weighted by Crippen LogP contribution is -2.45. The smallest absolute Gasteiger partial charge is 0.409 e. The quantitative estimate of drug-likeness (QED) is 0.926. The molecule has 1 unspecified atom stereocenters. The number of rotatable bonds is 3. The maximum Gasteiger partial charge on any atom is 0.409 e. The Hall–Kier alpha value is -2.04. The number of carbonyl (C=O) groups excluding carboxylic acids is 2. The summed E-state index contributed by atoms with van der Waals surface area (Å²) in [6.07, 6.45) is 2.90. The van der Waals surface area contributed by atoms with E-state index >= 15 is 0 Å². The summed E-state index contributed by atoms with van der Waals surface area (Å²) in [4.78, 5) is 25.4. The number of hydrogen-bond acceptors (Lipinski definition) is 3. The molecule has 0 radical (unpaired) electrons. The lowest BCUT2D eigenvalue weighted by atomic mass is 10.1. The number of likely N-dealkylation sites (tertiary alicyclic amines) is 1. The Morgan fingerprint density at radius 2 is 2.05 bits per heavy atom. The fraction of sp³-hybridized carbons (Fsp3) is 0.500. The predicted octanol–water partition coefficient (Wildman–Crippen LogP) is 1.97. The Labute approximate surface area is 125 Å². The van der Waals surface area contributed by atoms with Crippen LogP contribution in [0.15, 0.2) is 30.3 Å². The Morgan fingerprint density at radius 1 is 1.29 bits per heavy atom. The van der Waals surface area contributed by atoms with E-state index in [4.69, 9.17) is 4.74 Å². The van der Waals surface area contributed by atoms with Gasteiger partial charge in [0.15, 0.2) is 0 Å². The third kappa shape index (κ3) is 4.77. The van der Waals surface area contributed by atoms with Crippen LogP contribution in [0.5, 0.6) is 0 Å². The van der Waals surface area contributed by atoms with Crippen LogP contribution in [0.3, 0.4) is 0 Å². The molecule has 1 aromatic carbocycles. The maximum atomic E-state index is 12.1. The number of nitrogens with one attached hydrogen (secondary N) is 1. The Bertz CT molecular complexity index is 476. The third-order valence-corrected chi connectivity index (χ3v) is 3.68. The number of nitrogens with zero attached hydrogens (tertiary/aromatic N) is 1. The molecule has 2 amide bonds. The molecule has 0 aromatic heterocycles. The normalized spacial score (nSPS) is 18.7. The second kappa shape index (κ2) is 7.67. The lowest BCUT2D eigenvalue weighted by Gasteiger charge is -2.23. The first kappa shape index (κ1) is 15.4. The molecule has 114 valence electrons. The molecule has 2 rings (SSSR count). The molecule has 0 saturated carbocycles. The molecule has 1 N–H and O–H groups in total. The highest BCUT2D eigenvalue weighted by molar-refractivity contribution is 5.79. The Morgan fingerprint density at radius 3 is 2.76 bits per heavy atom. The first-order valence-corrected chi connectivity index (χ1v) is 7.35. The van der Waals surface area contributed by atoms with Crippen molar-refractivity contribution >= 4 is 12.0 Å². The highest BCUT2D eigenvalue weighted by Gasteiger charge is 2.23. The largest absolute Gasteiger partial charge is 0.453 e. The molecule has 1 aliphatic rings. The van der Waals surface area contributed by atoms with Gasteiger partial charge in [-0.1, -0.05) is 30.3 Å². The summed E-state index contributed by atoms with van der Waals surface area (Å²) in [5, 5.41) is 3.03. The topological polar surface area (TPSA) is 58.6 Å². The molecule has 1 aromatic rings. The van der Waals surface area contributed by atoms with Crippen LogP contribution in [-0.4, -0.2) is 43.1 Å². The molecule has 5 heteroatoms. The summed E-state index contributed by atoms with van der Waals surface area (Å²) in [7, 11) is 1.39. The zero-order valence-electron chi connectivity index (χ0n) is 12.4. The first-order valence-electron chi connectivity index (χ1n) is 7.35. The third-order valence-electron chi connectivity index (χ3n) is 3.68. The summed E-state index contributed by atoms with van der Waals surface area (Å²) < 4.78 is 4.77. The summed E-state index contributed by atoms with van der Waals surface area (Å²) in [5.41, 5.74) is 0.994. The van der Waals surface area contributed by atoms with E-state index in [1.54, 1.807) is 4.90 Å². The van der Waals surface area contributed by atoms with E-state index in [0.717, 1.165) is 24.8 Å². The number of amides is 2. The highest BCUT2D eigenvalue weighted by atomic mass is 16.5. The van der Waals surface area contributed by atoms with E-state index in [9.17, 15) is 9.59 Å². The van der Waals surface area contributed by atoms with E-state index in [0.29, 0.717) is 19.5 Å². The van der Waals surface area contributed by atoms with Crippen LogP contribution in [-0.2, 0) is 16.0 Å². The summed E-state index contributed by atoms with van der Waals surface area (Å²) >= 11 is 0. The molecule has 1 fully saturated rings. The lowest BCUT2D eigenvalue weighted by molar-refractivity contribution is -0.121. The van der Waals surface area contributed by atoms with Crippen molar-refractivity contribution in [1.82, 2.24) is 10.2 Å². The Kier molecular flexibility index (Phi) is 5.60. The van der Waals surface area contributed by atoms with Gasteiger partial charge in [-0.15, -0.1) is 0 Å². The monoisotopic (exact) mass is 290 g/mol. The highest BCUT2D eigenvalue weighted by Crippen LogP contribution is 2.12. The van der Waals surface area contributed by atoms with Crippen LogP contribution >= 0.6 is 0 Å². The van der Waals surface area contributed by atoms with Crippen molar-refractivity contribution in [3.63, 3.8) is 0 Å². The fourth-order valence-corrected chi connectivity index (χ4v) is 2.61. The van der Waals surface area contributed by atoms with Gasteiger partial charge in [0.05, 0.1) is 13.5 Å². The average Bonchev–Trinajstić information content (AvgIpc) is 2.73. The molecular formula is C16H22N2O3. The zero-order valence-corrected chi connectivity index (χ0v) is 12.4. The number of methoxy groups -OCH3 is 1. The molecular weight excluding hydrogens is 268 g/mol. The molecule has 0 aliphatic carbocycles. The van der Waals surface area contributed by atoms with Crippen molar-refractivity contribution in [3.8, 4) is 0 Å². The van der Waals surface area contributed by atoms with Crippen LogP contribution in [0.4, 0.5) is 4.79 Å². The molecule has 5 nitrogen and oxygen atoms in total. The Balaban J connectivity index is 1.88. The van der Waals surface area contributed by atoms with E-state index in [1.165, 1.54) is 7.11 Å². The minimum Gasteiger partial charge on any atom is -0.453 e. The van der Waals surface area contributed by atoms with Gasteiger partial charge in [-0.2, -0.15) is 0 Å². The molecule has 21 heavy (non-hydrogen) atoms. The van der Waals surface area contributed by atoms with E-state index in [2.05, 4.69) is 5.32 Å². The number of benzene rings is 1. The molecule has 1 saturated heterocycles. The maximum absolute atomic E-state index is 12.1. The fourth-order valence-electron chi connectivity index (χ4n) is 2.61. The number of hydrogen-bond donors (Lipinski definition) is 1. The van der Waals surface area contributed by atoms with Crippen molar-refractivity contribution in [1.29, 1.82) is 0 Å². The summed E-state index contributed by atoms with van der Waals surface area (Å²) in [6, 6.07) is 9.66. The number of ether oxygens (including phenoxy) is 1. The SMILES string of the molecule is COC(=O)N1CCCCC(NC(=O)Cc2ccccc2)C1. The van der Waals surface area contributed by atoms with Gasteiger partial charge in [-0.3, -0.25) is 4.79 Å². The van der Waals surface area contributed by atoms with Gasteiger partial charge < -0.3 is 15.0 Å². The summed E-state index contributed by atoms with van der Waals surface area (Å²) in [6.45, 7) is 1.21. The van der Waals surface area contributed by atoms with E-state index < -0.39 is 0 Å².